The van der Waals surface area contributed by atoms with Gasteiger partial charge in [0.1, 0.15) is 5.82 Å². The van der Waals surface area contributed by atoms with Crippen LogP contribution in [-0.4, -0.2) is 32.5 Å². The minimum Gasteiger partial charge on any atom is -0.382 e. The first-order chi connectivity index (χ1) is 12.7. The number of benzene rings is 1. The minimum atomic E-state index is -0.670. The number of oxime groups is 1. The zero-order valence-corrected chi connectivity index (χ0v) is 14.2. The first-order valence-electron chi connectivity index (χ1n) is 8.26. The number of amides is 1. The van der Waals surface area contributed by atoms with E-state index in [0.29, 0.717) is 12.2 Å². The highest BCUT2D eigenvalue weighted by Crippen LogP contribution is 2.22. The van der Waals surface area contributed by atoms with E-state index in [1.807, 2.05) is 49.4 Å². The minimum absolute atomic E-state index is 0.251. The van der Waals surface area contributed by atoms with Gasteiger partial charge in [0.15, 0.2) is 0 Å². The predicted octanol–water partition coefficient (Wildman–Crippen LogP) is 2.71. The van der Waals surface area contributed by atoms with Gasteiger partial charge < -0.3 is 10.2 Å². The SMILES string of the molecule is Cc1cnn(-c2ccccc2)c1NC(=O)[C@H]1CC(c2ccncc2)=NO1. The van der Waals surface area contributed by atoms with Crippen LogP contribution in [0.2, 0.25) is 0 Å². The van der Waals surface area contributed by atoms with Crippen molar-refractivity contribution in [1.82, 2.24) is 14.8 Å². The van der Waals surface area contributed by atoms with Crippen molar-refractivity contribution >= 4 is 17.4 Å². The lowest BCUT2D eigenvalue weighted by Gasteiger charge is -2.12. The number of nitrogens with one attached hydrogen (secondary N) is 1. The van der Waals surface area contributed by atoms with Crippen molar-refractivity contribution in [1.29, 1.82) is 0 Å². The maximum atomic E-state index is 12.7. The third-order valence-corrected chi connectivity index (χ3v) is 4.17. The second-order valence-electron chi connectivity index (χ2n) is 5.98. The molecular weight excluding hydrogens is 330 g/mol. The average molecular weight is 347 g/mol. The summed E-state index contributed by atoms with van der Waals surface area (Å²) >= 11 is 0. The molecule has 0 spiro atoms. The van der Waals surface area contributed by atoms with Crippen LogP contribution in [0.25, 0.3) is 5.69 Å². The molecule has 0 saturated heterocycles. The van der Waals surface area contributed by atoms with Gasteiger partial charge in [0.25, 0.3) is 5.91 Å². The quantitative estimate of drug-likeness (QED) is 0.787. The summed E-state index contributed by atoms with van der Waals surface area (Å²) in [4.78, 5) is 22.0. The van der Waals surface area contributed by atoms with Crippen LogP contribution in [0.3, 0.4) is 0 Å². The number of hydrogen-bond donors (Lipinski definition) is 1. The molecule has 1 N–H and O–H groups in total. The Labute approximate surface area is 150 Å². The summed E-state index contributed by atoms with van der Waals surface area (Å²) in [6.45, 7) is 1.90. The van der Waals surface area contributed by atoms with Gasteiger partial charge in [0.2, 0.25) is 6.10 Å². The van der Waals surface area contributed by atoms with Crippen LogP contribution in [0.5, 0.6) is 0 Å². The molecule has 1 aliphatic rings. The number of carbonyl (C=O) groups is 1. The first kappa shape index (κ1) is 16.0. The third kappa shape index (κ3) is 3.06. The van der Waals surface area contributed by atoms with E-state index in [-0.39, 0.29) is 5.91 Å². The Bertz CT molecular complexity index is 951. The van der Waals surface area contributed by atoms with E-state index in [0.717, 1.165) is 22.5 Å². The third-order valence-electron chi connectivity index (χ3n) is 4.17. The van der Waals surface area contributed by atoms with Crippen molar-refractivity contribution in [2.75, 3.05) is 5.32 Å². The number of hydrogen-bond acceptors (Lipinski definition) is 5. The zero-order chi connectivity index (χ0) is 17.9. The van der Waals surface area contributed by atoms with E-state index in [4.69, 9.17) is 4.84 Å². The van der Waals surface area contributed by atoms with Crippen LogP contribution in [0.4, 0.5) is 5.82 Å². The Morgan fingerprint density at radius 3 is 2.73 bits per heavy atom. The van der Waals surface area contributed by atoms with Crippen molar-refractivity contribution in [3.05, 3.63) is 72.2 Å². The maximum Gasteiger partial charge on any atom is 0.269 e. The number of pyridine rings is 1. The molecule has 1 aromatic carbocycles. The van der Waals surface area contributed by atoms with Crippen molar-refractivity contribution in [3.63, 3.8) is 0 Å². The van der Waals surface area contributed by atoms with E-state index in [2.05, 4.69) is 20.6 Å². The largest absolute Gasteiger partial charge is 0.382 e. The Morgan fingerprint density at radius 2 is 1.96 bits per heavy atom. The lowest BCUT2D eigenvalue weighted by molar-refractivity contribution is -0.125. The molecule has 3 heterocycles. The van der Waals surface area contributed by atoms with Gasteiger partial charge in [0.05, 0.1) is 17.6 Å². The molecule has 0 bridgehead atoms. The summed E-state index contributed by atoms with van der Waals surface area (Å²) in [5.74, 6) is 0.376. The topological polar surface area (TPSA) is 81.4 Å². The summed E-state index contributed by atoms with van der Waals surface area (Å²) in [5, 5.41) is 11.3. The van der Waals surface area contributed by atoms with Crippen molar-refractivity contribution in [3.8, 4) is 5.69 Å². The summed E-state index contributed by atoms with van der Waals surface area (Å²) < 4.78 is 1.70. The van der Waals surface area contributed by atoms with E-state index in [9.17, 15) is 4.79 Å². The standard InChI is InChI=1S/C19H17N5O2/c1-13-12-21-24(15-5-3-2-4-6-15)18(13)22-19(25)17-11-16(23-26-17)14-7-9-20-10-8-14/h2-10,12,17H,11H2,1H3,(H,22,25)/t17-/m1/s1. The lowest BCUT2D eigenvalue weighted by atomic mass is 10.1. The van der Waals surface area contributed by atoms with Gasteiger partial charge in [-0.05, 0) is 31.2 Å². The molecule has 3 aromatic rings. The van der Waals surface area contributed by atoms with Gasteiger partial charge in [0, 0.05) is 29.9 Å². The molecule has 1 amide bonds. The van der Waals surface area contributed by atoms with Crippen molar-refractivity contribution in [2.45, 2.75) is 19.4 Å². The average Bonchev–Trinajstić information content (AvgIpc) is 3.31. The Balaban J connectivity index is 1.49. The van der Waals surface area contributed by atoms with Crippen LogP contribution in [-0.2, 0) is 9.63 Å². The van der Waals surface area contributed by atoms with Crippen LogP contribution in [0.1, 0.15) is 17.5 Å². The van der Waals surface area contributed by atoms with Gasteiger partial charge >= 0.3 is 0 Å². The molecule has 130 valence electrons. The highest BCUT2D eigenvalue weighted by atomic mass is 16.6. The second kappa shape index (κ2) is 6.79. The molecule has 0 fully saturated rings. The van der Waals surface area contributed by atoms with Gasteiger partial charge in [-0.25, -0.2) is 4.68 Å². The lowest BCUT2D eigenvalue weighted by Crippen LogP contribution is -2.29. The number of nitrogens with zero attached hydrogens (tertiary/aromatic N) is 4. The zero-order valence-electron chi connectivity index (χ0n) is 14.2. The van der Waals surface area contributed by atoms with Crippen molar-refractivity contribution < 1.29 is 9.63 Å². The smallest absolute Gasteiger partial charge is 0.269 e. The van der Waals surface area contributed by atoms with E-state index in [1.54, 1.807) is 23.3 Å². The number of aromatic nitrogens is 3. The second-order valence-corrected chi connectivity index (χ2v) is 5.98. The molecule has 26 heavy (non-hydrogen) atoms. The van der Waals surface area contributed by atoms with E-state index >= 15 is 0 Å². The highest BCUT2D eigenvalue weighted by molar-refractivity contribution is 6.06. The number of anilines is 1. The van der Waals surface area contributed by atoms with Crippen LogP contribution in [0, 0.1) is 6.92 Å². The molecule has 0 aliphatic carbocycles. The molecule has 7 heteroatoms. The Hall–Kier alpha value is -3.48. The van der Waals surface area contributed by atoms with E-state index in [1.165, 1.54) is 0 Å². The first-order valence-corrected chi connectivity index (χ1v) is 8.26. The maximum absolute atomic E-state index is 12.7. The Morgan fingerprint density at radius 1 is 1.19 bits per heavy atom. The molecule has 1 atom stereocenters. The normalized spacial score (nSPS) is 16.0. The highest BCUT2D eigenvalue weighted by Gasteiger charge is 2.30. The van der Waals surface area contributed by atoms with Crippen molar-refractivity contribution in [2.24, 2.45) is 5.16 Å². The molecule has 0 unspecified atom stereocenters. The number of para-hydroxylation sites is 1. The molecule has 0 radical (unpaired) electrons. The fourth-order valence-electron chi connectivity index (χ4n) is 2.78. The molecule has 2 aromatic heterocycles. The molecule has 1 aliphatic heterocycles. The van der Waals surface area contributed by atoms with Gasteiger partial charge in [-0.15, -0.1) is 0 Å². The number of carbonyl (C=O) groups excluding carboxylic acids is 1. The number of aryl methyl sites for hydroxylation is 1. The fraction of sp³-hybridized carbons (Fsp3) is 0.158. The monoisotopic (exact) mass is 347 g/mol. The van der Waals surface area contributed by atoms with Crippen LogP contribution in [0.15, 0.2) is 66.2 Å². The van der Waals surface area contributed by atoms with Gasteiger partial charge in [-0.2, -0.15) is 5.10 Å². The summed E-state index contributed by atoms with van der Waals surface area (Å²) in [6.07, 6.45) is 4.84. The van der Waals surface area contributed by atoms with E-state index < -0.39 is 6.10 Å². The molecule has 7 nitrogen and oxygen atoms in total. The molecule has 4 rings (SSSR count). The molecular formula is C19H17N5O2. The number of rotatable bonds is 4. The summed E-state index contributed by atoms with van der Waals surface area (Å²) in [6, 6.07) is 13.3. The summed E-state index contributed by atoms with van der Waals surface area (Å²) in [7, 11) is 0. The molecule has 0 saturated carbocycles. The van der Waals surface area contributed by atoms with Gasteiger partial charge in [-0.1, -0.05) is 23.4 Å². The van der Waals surface area contributed by atoms with Crippen LogP contribution >= 0.6 is 0 Å². The van der Waals surface area contributed by atoms with Crippen LogP contribution < -0.4 is 5.32 Å². The predicted molar refractivity (Wildman–Crippen MR) is 97.2 cm³/mol. The van der Waals surface area contributed by atoms with Gasteiger partial charge in [-0.3, -0.25) is 9.78 Å². The Kier molecular flexibility index (Phi) is 4.18. The summed E-state index contributed by atoms with van der Waals surface area (Å²) in [5.41, 5.74) is 3.38. The fourth-order valence-corrected chi connectivity index (χ4v) is 2.78.